The molecular formula is C21H23N3O2. The van der Waals surface area contributed by atoms with Crippen molar-refractivity contribution in [3.8, 4) is 5.75 Å². The molecule has 1 amide bonds. The van der Waals surface area contributed by atoms with E-state index in [-0.39, 0.29) is 11.8 Å². The van der Waals surface area contributed by atoms with Gasteiger partial charge in [0.2, 0.25) is 5.91 Å². The minimum atomic E-state index is 0.138. The van der Waals surface area contributed by atoms with Crippen LogP contribution in [0.5, 0.6) is 5.75 Å². The van der Waals surface area contributed by atoms with Gasteiger partial charge in [0.15, 0.2) is 0 Å². The summed E-state index contributed by atoms with van der Waals surface area (Å²) in [6.45, 7) is 3.74. The highest BCUT2D eigenvalue weighted by molar-refractivity contribution is 5.81. The standard InChI is InChI=1S/C21H23N3O2/c1-15-6-10-17(11-7-15)26-13-12-24-19-5-3-2-4-18(19)23-20(24)14-22-21(25)16-8-9-16/h2-7,10-11,16H,8-9,12-14H2,1H3,(H,22,25). The Morgan fingerprint density at radius 2 is 1.96 bits per heavy atom. The zero-order valence-corrected chi connectivity index (χ0v) is 14.9. The summed E-state index contributed by atoms with van der Waals surface area (Å²) < 4.78 is 8.01. The Bertz CT molecular complexity index is 911. The molecule has 1 N–H and O–H groups in total. The van der Waals surface area contributed by atoms with E-state index in [2.05, 4.69) is 22.9 Å². The Labute approximate surface area is 153 Å². The molecule has 0 aliphatic heterocycles. The minimum Gasteiger partial charge on any atom is -0.492 e. The van der Waals surface area contributed by atoms with E-state index in [1.807, 2.05) is 42.5 Å². The fourth-order valence-electron chi connectivity index (χ4n) is 3.06. The van der Waals surface area contributed by atoms with Crippen molar-refractivity contribution in [2.75, 3.05) is 6.61 Å². The van der Waals surface area contributed by atoms with Crippen LogP contribution in [0.2, 0.25) is 0 Å². The van der Waals surface area contributed by atoms with Gasteiger partial charge in [-0.15, -0.1) is 0 Å². The van der Waals surface area contributed by atoms with E-state index >= 15 is 0 Å². The predicted molar refractivity (Wildman–Crippen MR) is 101 cm³/mol. The maximum atomic E-state index is 12.0. The Hall–Kier alpha value is -2.82. The number of fused-ring (bicyclic) bond motifs is 1. The number of carbonyl (C=O) groups is 1. The van der Waals surface area contributed by atoms with Crippen molar-refractivity contribution in [2.24, 2.45) is 5.92 Å². The van der Waals surface area contributed by atoms with Gasteiger partial charge in [-0.25, -0.2) is 4.98 Å². The highest BCUT2D eigenvalue weighted by Gasteiger charge is 2.29. The first-order chi connectivity index (χ1) is 12.7. The maximum absolute atomic E-state index is 12.0. The second-order valence-corrected chi connectivity index (χ2v) is 6.82. The first-order valence-corrected chi connectivity index (χ1v) is 9.12. The lowest BCUT2D eigenvalue weighted by molar-refractivity contribution is -0.122. The van der Waals surface area contributed by atoms with Gasteiger partial charge in [0.25, 0.3) is 0 Å². The number of nitrogens with zero attached hydrogens (tertiary/aromatic N) is 2. The molecule has 1 aromatic heterocycles. The quantitative estimate of drug-likeness (QED) is 0.711. The fraction of sp³-hybridized carbons (Fsp3) is 0.333. The van der Waals surface area contributed by atoms with Gasteiger partial charge >= 0.3 is 0 Å². The van der Waals surface area contributed by atoms with Crippen LogP contribution in [0.1, 0.15) is 24.2 Å². The van der Waals surface area contributed by atoms with Gasteiger partial charge in [0.1, 0.15) is 18.2 Å². The molecular weight excluding hydrogens is 326 g/mol. The van der Waals surface area contributed by atoms with Gasteiger partial charge in [-0.3, -0.25) is 4.79 Å². The van der Waals surface area contributed by atoms with Gasteiger partial charge in [0, 0.05) is 5.92 Å². The van der Waals surface area contributed by atoms with E-state index < -0.39 is 0 Å². The number of hydrogen-bond donors (Lipinski definition) is 1. The van der Waals surface area contributed by atoms with Gasteiger partial charge in [-0.2, -0.15) is 0 Å². The topological polar surface area (TPSA) is 56.1 Å². The molecule has 0 bridgehead atoms. The molecule has 0 radical (unpaired) electrons. The average Bonchev–Trinajstić information content (AvgIpc) is 3.45. The van der Waals surface area contributed by atoms with E-state index in [1.165, 1.54) is 5.56 Å². The van der Waals surface area contributed by atoms with Crippen molar-refractivity contribution < 1.29 is 9.53 Å². The highest BCUT2D eigenvalue weighted by Crippen LogP contribution is 2.28. The summed E-state index contributed by atoms with van der Waals surface area (Å²) in [5, 5.41) is 3.01. The number of para-hydroxylation sites is 2. The summed E-state index contributed by atoms with van der Waals surface area (Å²) in [6.07, 6.45) is 2.01. The Kier molecular flexibility index (Phi) is 4.61. The number of benzene rings is 2. The maximum Gasteiger partial charge on any atom is 0.223 e. The van der Waals surface area contributed by atoms with Crippen LogP contribution in [0.4, 0.5) is 0 Å². The number of rotatable bonds is 7. The summed E-state index contributed by atoms with van der Waals surface area (Å²) in [7, 11) is 0. The van der Waals surface area contributed by atoms with E-state index in [0.717, 1.165) is 35.4 Å². The Morgan fingerprint density at radius 3 is 2.73 bits per heavy atom. The van der Waals surface area contributed by atoms with Crippen LogP contribution < -0.4 is 10.1 Å². The van der Waals surface area contributed by atoms with E-state index in [4.69, 9.17) is 9.72 Å². The van der Waals surface area contributed by atoms with Gasteiger partial charge in [-0.1, -0.05) is 29.8 Å². The lowest BCUT2D eigenvalue weighted by Gasteiger charge is -2.11. The zero-order chi connectivity index (χ0) is 17.9. The monoisotopic (exact) mass is 349 g/mol. The number of hydrogen-bond acceptors (Lipinski definition) is 3. The molecule has 0 saturated heterocycles. The van der Waals surface area contributed by atoms with Crippen LogP contribution in [0.25, 0.3) is 11.0 Å². The SMILES string of the molecule is Cc1ccc(OCCn2c(CNC(=O)C3CC3)nc3ccccc32)cc1. The number of nitrogens with one attached hydrogen (secondary N) is 1. The van der Waals surface area contributed by atoms with Crippen molar-refractivity contribution in [2.45, 2.75) is 32.9 Å². The summed E-state index contributed by atoms with van der Waals surface area (Å²) in [5.41, 5.74) is 3.22. The number of carbonyl (C=O) groups excluding carboxylic acids is 1. The van der Waals surface area contributed by atoms with Crippen LogP contribution >= 0.6 is 0 Å². The lowest BCUT2D eigenvalue weighted by atomic mass is 10.2. The molecule has 0 unspecified atom stereocenters. The van der Waals surface area contributed by atoms with Gasteiger partial charge in [0.05, 0.1) is 24.1 Å². The minimum absolute atomic E-state index is 0.138. The first kappa shape index (κ1) is 16.6. The van der Waals surface area contributed by atoms with Crippen molar-refractivity contribution in [3.63, 3.8) is 0 Å². The average molecular weight is 349 g/mol. The molecule has 1 saturated carbocycles. The molecule has 1 aliphatic rings. The van der Waals surface area contributed by atoms with Crippen LogP contribution in [0, 0.1) is 12.8 Å². The molecule has 134 valence electrons. The molecule has 5 heteroatoms. The molecule has 0 spiro atoms. The Balaban J connectivity index is 1.47. The van der Waals surface area contributed by atoms with Crippen LogP contribution in [-0.2, 0) is 17.9 Å². The van der Waals surface area contributed by atoms with Crippen molar-refractivity contribution in [1.29, 1.82) is 0 Å². The van der Waals surface area contributed by atoms with Crippen molar-refractivity contribution >= 4 is 16.9 Å². The summed E-state index contributed by atoms with van der Waals surface area (Å²) in [5.74, 6) is 2.08. The summed E-state index contributed by atoms with van der Waals surface area (Å²) >= 11 is 0. The summed E-state index contributed by atoms with van der Waals surface area (Å²) in [6, 6.07) is 16.1. The second kappa shape index (κ2) is 7.20. The van der Waals surface area contributed by atoms with Crippen molar-refractivity contribution in [3.05, 3.63) is 59.9 Å². The predicted octanol–water partition coefficient (Wildman–Crippen LogP) is 3.45. The number of aryl methyl sites for hydroxylation is 1. The largest absolute Gasteiger partial charge is 0.492 e. The van der Waals surface area contributed by atoms with Gasteiger partial charge in [-0.05, 0) is 44.0 Å². The van der Waals surface area contributed by atoms with E-state index in [9.17, 15) is 4.79 Å². The molecule has 4 rings (SSSR count). The Morgan fingerprint density at radius 1 is 1.19 bits per heavy atom. The molecule has 1 fully saturated rings. The zero-order valence-electron chi connectivity index (χ0n) is 14.9. The third-order valence-electron chi connectivity index (χ3n) is 4.71. The number of amides is 1. The summed E-state index contributed by atoms with van der Waals surface area (Å²) in [4.78, 5) is 16.7. The van der Waals surface area contributed by atoms with Crippen molar-refractivity contribution in [1.82, 2.24) is 14.9 Å². The third kappa shape index (κ3) is 3.72. The van der Waals surface area contributed by atoms with Crippen LogP contribution in [-0.4, -0.2) is 22.1 Å². The van der Waals surface area contributed by atoms with Crippen LogP contribution in [0.3, 0.4) is 0 Å². The normalized spacial score (nSPS) is 13.7. The fourth-order valence-corrected chi connectivity index (χ4v) is 3.06. The van der Waals surface area contributed by atoms with Crippen LogP contribution in [0.15, 0.2) is 48.5 Å². The molecule has 0 atom stereocenters. The van der Waals surface area contributed by atoms with E-state index in [0.29, 0.717) is 19.7 Å². The molecule has 1 heterocycles. The third-order valence-corrected chi connectivity index (χ3v) is 4.71. The van der Waals surface area contributed by atoms with E-state index in [1.54, 1.807) is 0 Å². The molecule has 2 aromatic carbocycles. The molecule has 5 nitrogen and oxygen atoms in total. The lowest BCUT2D eigenvalue weighted by Crippen LogP contribution is -2.26. The molecule has 3 aromatic rings. The highest BCUT2D eigenvalue weighted by atomic mass is 16.5. The van der Waals surface area contributed by atoms with Gasteiger partial charge < -0.3 is 14.6 Å². The molecule has 26 heavy (non-hydrogen) atoms. The second-order valence-electron chi connectivity index (χ2n) is 6.82. The number of imidazole rings is 1. The number of ether oxygens (including phenoxy) is 1. The smallest absolute Gasteiger partial charge is 0.223 e. The molecule has 1 aliphatic carbocycles. The number of aromatic nitrogens is 2. The first-order valence-electron chi connectivity index (χ1n) is 9.12.